The molecule has 0 aliphatic carbocycles. The lowest BCUT2D eigenvalue weighted by Gasteiger charge is -2.30. The number of carbonyl (C=O) groups is 1. The van der Waals surface area contributed by atoms with Crippen LogP contribution in [0.2, 0.25) is 0 Å². The van der Waals surface area contributed by atoms with Crippen LogP contribution in [0, 0.1) is 11.3 Å². The normalized spacial score (nSPS) is 52.4. The molecule has 3 saturated heterocycles. The van der Waals surface area contributed by atoms with Gasteiger partial charge in [0.25, 0.3) is 0 Å². The first-order valence-electron chi connectivity index (χ1n) is 4.81. The van der Waals surface area contributed by atoms with E-state index in [-0.39, 0.29) is 17.6 Å². The van der Waals surface area contributed by atoms with E-state index in [9.17, 15) is 18.0 Å². The minimum atomic E-state index is -4.47. The van der Waals surface area contributed by atoms with Gasteiger partial charge in [0.1, 0.15) is 6.10 Å². The minimum Gasteiger partial charge on any atom is -0.460 e. The Bertz CT molecular complexity index is 343. The highest BCUT2D eigenvalue weighted by Gasteiger charge is 2.79. The molecule has 84 valence electrons. The third kappa shape index (κ3) is 0.882. The fraction of sp³-hybridized carbons (Fsp3) is 0.889. The molecule has 5 unspecified atom stereocenters. The predicted molar refractivity (Wildman–Crippen MR) is 47.3 cm³/mol. The Labute approximate surface area is 88.5 Å². The van der Waals surface area contributed by atoms with Crippen molar-refractivity contribution in [3.05, 3.63) is 0 Å². The Morgan fingerprint density at radius 2 is 2.20 bits per heavy atom. The van der Waals surface area contributed by atoms with Gasteiger partial charge in [0.05, 0.1) is 5.25 Å². The van der Waals surface area contributed by atoms with Crippen LogP contribution in [-0.2, 0) is 9.53 Å². The number of ether oxygens (including phenoxy) is 1. The molecule has 3 rings (SSSR count). The second kappa shape index (κ2) is 2.47. The first-order valence-corrected chi connectivity index (χ1v) is 5.75. The smallest absolute Gasteiger partial charge is 0.406 e. The summed E-state index contributed by atoms with van der Waals surface area (Å²) in [6.45, 7) is 1.86. The number of rotatable bonds is 0. The summed E-state index contributed by atoms with van der Waals surface area (Å²) in [5.74, 6) is -0.994. The van der Waals surface area contributed by atoms with E-state index in [2.05, 4.69) is 0 Å². The second-order valence-electron chi connectivity index (χ2n) is 4.50. The molecule has 15 heavy (non-hydrogen) atoms. The van der Waals surface area contributed by atoms with Crippen molar-refractivity contribution in [2.24, 2.45) is 11.3 Å². The highest BCUT2D eigenvalue weighted by Crippen LogP contribution is 2.68. The third-order valence-electron chi connectivity index (χ3n) is 3.85. The van der Waals surface area contributed by atoms with E-state index < -0.39 is 28.9 Å². The quantitative estimate of drug-likeness (QED) is 0.604. The van der Waals surface area contributed by atoms with Crippen LogP contribution in [0.1, 0.15) is 13.3 Å². The number of hydrogen-bond donors (Lipinski definition) is 0. The van der Waals surface area contributed by atoms with E-state index in [1.807, 2.05) is 6.92 Å². The Morgan fingerprint density at radius 1 is 1.53 bits per heavy atom. The molecule has 6 heteroatoms. The van der Waals surface area contributed by atoms with Gasteiger partial charge in [-0.2, -0.15) is 13.2 Å². The van der Waals surface area contributed by atoms with Crippen molar-refractivity contribution < 1.29 is 22.7 Å². The van der Waals surface area contributed by atoms with E-state index in [4.69, 9.17) is 4.74 Å². The van der Waals surface area contributed by atoms with E-state index in [1.165, 1.54) is 11.8 Å². The van der Waals surface area contributed by atoms with Gasteiger partial charge in [-0.15, -0.1) is 11.8 Å². The number of fused-ring (bicyclic) bond motifs is 1. The summed E-state index contributed by atoms with van der Waals surface area (Å²) in [6.07, 6.45) is -5.09. The van der Waals surface area contributed by atoms with Crippen LogP contribution in [0.25, 0.3) is 0 Å². The van der Waals surface area contributed by atoms with Crippen molar-refractivity contribution in [1.82, 2.24) is 0 Å². The highest BCUT2D eigenvalue weighted by molar-refractivity contribution is 8.01. The van der Waals surface area contributed by atoms with Crippen LogP contribution in [0.4, 0.5) is 13.2 Å². The van der Waals surface area contributed by atoms with Gasteiger partial charge in [-0.1, -0.05) is 6.92 Å². The van der Waals surface area contributed by atoms with Gasteiger partial charge in [0.15, 0.2) is 5.41 Å². The molecular weight excluding hydrogens is 229 g/mol. The van der Waals surface area contributed by atoms with Gasteiger partial charge < -0.3 is 4.74 Å². The van der Waals surface area contributed by atoms with Crippen LogP contribution in [-0.4, -0.2) is 28.7 Å². The van der Waals surface area contributed by atoms with Gasteiger partial charge in [-0.05, 0) is 6.42 Å². The molecule has 2 nitrogen and oxygen atoms in total. The fourth-order valence-corrected chi connectivity index (χ4v) is 5.09. The van der Waals surface area contributed by atoms with Crippen LogP contribution >= 0.6 is 11.8 Å². The summed E-state index contributed by atoms with van der Waals surface area (Å²) in [7, 11) is 0. The van der Waals surface area contributed by atoms with Crippen molar-refractivity contribution in [3.8, 4) is 0 Å². The van der Waals surface area contributed by atoms with Gasteiger partial charge in [-0.25, -0.2) is 0 Å². The topological polar surface area (TPSA) is 26.3 Å². The molecule has 0 spiro atoms. The Kier molecular flexibility index (Phi) is 1.61. The summed E-state index contributed by atoms with van der Waals surface area (Å²) in [5, 5.41) is -0.780. The van der Waals surface area contributed by atoms with Crippen molar-refractivity contribution in [1.29, 1.82) is 0 Å². The van der Waals surface area contributed by atoms with Crippen molar-refractivity contribution in [2.45, 2.75) is 36.1 Å². The summed E-state index contributed by atoms with van der Waals surface area (Å²) >= 11 is 1.28. The lowest BCUT2D eigenvalue weighted by Crippen LogP contribution is -2.49. The maximum Gasteiger partial charge on any atom is 0.406 e. The van der Waals surface area contributed by atoms with E-state index >= 15 is 0 Å². The van der Waals surface area contributed by atoms with Gasteiger partial charge in [0, 0.05) is 11.2 Å². The first kappa shape index (κ1) is 9.81. The second-order valence-corrected chi connectivity index (χ2v) is 5.88. The minimum absolute atomic E-state index is 0.0573. The van der Waals surface area contributed by atoms with E-state index in [1.54, 1.807) is 0 Å². The Balaban J connectivity index is 2.10. The number of thioether (sulfide) groups is 1. The zero-order valence-electron chi connectivity index (χ0n) is 7.88. The molecule has 3 heterocycles. The maximum atomic E-state index is 13.0. The van der Waals surface area contributed by atoms with E-state index in [0.717, 1.165) is 0 Å². The molecule has 5 atom stereocenters. The van der Waals surface area contributed by atoms with Crippen LogP contribution < -0.4 is 0 Å². The molecule has 3 aliphatic heterocycles. The maximum absolute atomic E-state index is 13.0. The fourth-order valence-electron chi connectivity index (χ4n) is 2.93. The van der Waals surface area contributed by atoms with Crippen LogP contribution in [0.5, 0.6) is 0 Å². The molecule has 3 fully saturated rings. The Morgan fingerprint density at radius 3 is 2.73 bits per heavy atom. The largest absolute Gasteiger partial charge is 0.460 e. The summed E-state index contributed by atoms with van der Waals surface area (Å²) < 4.78 is 43.8. The molecule has 0 N–H and O–H groups in total. The zero-order valence-corrected chi connectivity index (χ0v) is 8.69. The molecule has 0 saturated carbocycles. The third-order valence-corrected chi connectivity index (χ3v) is 5.76. The number of halogens is 3. The lowest BCUT2D eigenvalue weighted by atomic mass is 9.71. The van der Waals surface area contributed by atoms with Gasteiger partial charge in [-0.3, -0.25) is 4.79 Å². The monoisotopic (exact) mass is 238 g/mol. The molecule has 0 aromatic heterocycles. The van der Waals surface area contributed by atoms with Crippen molar-refractivity contribution in [3.63, 3.8) is 0 Å². The molecule has 2 bridgehead atoms. The average molecular weight is 238 g/mol. The van der Waals surface area contributed by atoms with Crippen LogP contribution in [0.3, 0.4) is 0 Å². The Hall–Kier alpha value is -0.390. The first-order chi connectivity index (χ1) is 6.88. The number of esters is 1. The molecule has 0 radical (unpaired) electrons. The number of hydrogen-bond acceptors (Lipinski definition) is 3. The van der Waals surface area contributed by atoms with Gasteiger partial charge in [0.2, 0.25) is 0 Å². The lowest BCUT2D eigenvalue weighted by molar-refractivity contribution is -0.221. The number of carbonyl (C=O) groups excluding carboxylic acids is 1. The molecule has 3 aliphatic rings. The molecule has 0 aromatic rings. The number of alkyl halides is 3. The molecule has 0 aromatic carbocycles. The summed E-state index contributed by atoms with van der Waals surface area (Å²) in [6, 6.07) is 0. The van der Waals surface area contributed by atoms with Gasteiger partial charge >= 0.3 is 12.1 Å². The standard InChI is InChI=1S/C9H9F3O2S/c1-3-4-2-8(9(10,11)12)6(15-4)5(3)14-7(8)13/h3-6H,2H2,1H3. The van der Waals surface area contributed by atoms with E-state index in [0.29, 0.717) is 0 Å². The van der Waals surface area contributed by atoms with Crippen molar-refractivity contribution >= 4 is 17.7 Å². The summed E-state index contributed by atoms with van der Waals surface area (Å²) in [5.41, 5.74) is -2.19. The van der Waals surface area contributed by atoms with Crippen molar-refractivity contribution in [2.75, 3.05) is 0 Å². The summed E-state index contributed by atoms with van der Waals surface area (Å²) in [4.78, 5) is 11.5. The molecule has 0 amide bonds. The highest BCUT2D eigenvalue weighted by atomic mass is 32.2. The van der Waals surface area contributed by atoms with Crippen LogP contribution in [0.15, 0.2) is 0 Å². The average Bonchev–Trinajstić information content (AvgIpc) is 2.66. The predicted octanol–water partition coefficient (Wildman–Crippen LogP) is 1.98. The zero-order chi connectivity index (χ0) is 11.0. The molecular formula is C9H9F3O2S. The SMILES string of the molecule is CC1C2CC3(C(F)(F)F)C(=O)OC1C3S2.